The van der Waals surface area contributed by atoms with Crippen LogP contribution < -0.4 is 20.1 Å². The molecule has 1 saturated heterocycles. The number of methoxy groups -OCH3 is 1. The first-order chi connectivity index (χ1) is 23.6. The summed E-state index contributed by atoms with van der Waals surface area (Å²) in [4.78, 5) is 56.8. The Morgan fingerprint density at radius 1 is 0.898 bits per heavy atom. The van der Waals surface area contributed by atoms with Crippen LogP contribution >= 0.6 is 0 Å². The normalized spacial score (nSPS) is 22.3. The van der Waals surface area contributed by atoms with Gasteiger partial charge >= 0.3 is 0 Å². The minimum absolute atomic E-state index is 0.198. The Morgan fingerprint density at radius 2 is 1.49 bits per heavy atom. The molecule has 2 fully saturated rings. The topological polar surface area (TPSA) is 144 Å². The van der Waals surface area contributed by atoms with Crippen LogP contribution in [0.3, 0.4) is 0 Å². The highest BCUT2D eigenvalue weighted by molar-refractivity contribution is 6.10. The van der Waals surface area contributed by atoms with Crippen LogP contribution in [0.25, 0.3) is 0 Å². The molecule has 1 heterocycles. The number of Topliss-reactive ketones (excluding diaryl/α,β-unsaturated/α-hetero) is 1. The van der Waals surface area contributed by atoms with Gasteiger partial charge in [-0.3, -0.25) is 19.2 Å². The monoisotopic (exact) mass is 671 g/mol. The maximum absolute atomic E-state index is 14.3. The van der Waals surface area contributed by atoms with E-state index in [1.54, 1.807) is 41.3 Å². The highest BCUT2D eigenvalue weighted by atomic mass is 16.5. The molecular weight excluding hydrogens is 626 g/mol. The van der Waals surface area contributed by atoms with Crippen molar-refractivity contribution in [3.63, 3.8) is 0 Å². The van der Waals surface area contributed by atoms with Crippen LogP contribution in [0.1, 0.15) is 49.8 Å². The first-order valence-electron chi connectivity index (χ1n) is 16.8. The minimum Gasteiger partial charge on any atom is -0.493 e. The Labute approximate surface area is 286 Å². The van der Waals surface area contributed by atoms with Gasteiger partial charge in [0.05, 0.1) is 31.8 Å². The predicted molar refractivity (Wildman–Crippen MR) is 185 cm³/mol. The number of rotatable bonds is 11. The first-order valence-corrected chi connectivity index (χ1v) is 16.8. The summed E-state index contributed by atoms with van der Waals surface area (Å²) >= 11 is 0. The lowest BCUT2D eigenvalue weighted by Crippen LogP contribution is -2.56. The van der Waals surface area contributed by atoms with E-state index in [1.807, 2.05) is 44.2 Å². The lowest BCUT2D eigenvalue weighted by molar-refractivity contribution is -0.151. The van der Waals surface area contributed by atoms with E-state index in [9.17, 15) is 24.3 Å². The van der Waals surface area contributed by atoms with Gasteiger partial charge in [0.25, 0.3) is 5.91 Å². The fourth-order valence-electron chi connectivity index (χ4n) is 6.87. The number of hydrogen-bond acceptors (Lipinski definition) is 8. The summed E-state index contributed by atoms with van der Waals surface area (Å²) in [7, 11) is 1.44. The maximum Gasteiger partial charge on any atom is 0.260 e. The Balaban J connectivity index is 1.53. The summed E-state index contributed by atoms with van der Waals surface area (Å²) in [5.41, 5.74) is 1.58. The lowest BCUT2D eigenvalue weighted by atomic mass is 9.61. The number of amides is 3. The number of anilines is 2. The van der Waals surface area contributed by atoms with E-state index in [4.69, 9.17) is 14.2 Å². The van der Waals surface area contributed by atoms with Crippen LogP contribution in [0.5, 0.6) is 11.5 Å². The predicted octanol–water partition coefficient (Wildman–Crippen LogP) is 4.37. The van der Waals surface area contributed by atoms with E-state index < -0.39 is 47.4 Å². The van der Waals surface area contributed by atoms with Crippen molar-refractivity contribution in [2.24, 2.45) is 11.8 Å². The third kappa shape index (κ3) is 7.95. The zero-order chi connectivity index (χ0) is 35.1. The number of aryl methyl sites for hydroxylation is 2. The Kier molecular flexibility index (Phi) is 11.4. The number of para-hydroxylation sites is 2. The van der Waals surface area contributed by atoms with Crippen LogP contribution in [0.15, 0.2) is 66.7 Å². The van der Waals surface area contributed by atoms with Gasteiger partial charge in [-0.2, -0.15) is 0 Å². The number of carbonyl (C=O) groups is 4. The van der Waals surface area contributed by atoms with E-state index in [1.165, 1.54) is 14.0 Å². The number of ether oxygens (including phenoxy) is 3. The molecule has 3 amide bonds. The molecule has 11 heteroatoms. The van der Waals surface area contributed by atoms with Crippen LogP contribution in [0.4, 0.5) is 11.4 Å². The zero-order valence-corrected chi connectivity index (χ0v) is 28.5. The number of aliphatic hydroxyl groups is 1. The van der Waals surface area contributed by atoms with Crippen LogP contribution in [-0.4, -0.2) is 79.1 Å². The largest absolute Gasteiger partial charge is 0.493 e. The molecule has 1 aliphatic heterocycles. The van der Waals surface area contributed by atoms with Crippen molar-refractivity contribution < 1.29 is 38.5 Å². The second-order valence-corrected chi connectivity index (χ2v) is 12.7. The number of morpholine rings is 1. The molecule has 0 aromatic heterocycles. The van der Waals surface area contributed by atoms with Gasteiger partial charge in [-0.15, -0.1) is 0 Å². The summed E-state index contributed by atoms with van der Waals surface area (Å²) in [5.74, 6) is -4.89. The molecule has 1 aliphatic carbocycles. The van der Waals surface area contributed by atoms with E-state index in [0.29, 0.717) is 56.1 Å². The Morgan fingerprint density at radius 3 is 2.08 bits per heavy atom. The third-order valence-corrected chi connectivity index (χ3v) is 9.43. The molecule has 5 rings (SSSR count). The van der Waals surface area contributed by atoms with E-state index >= 15 is 0 Å². The average molecular weight is 672 g/mol. The summed E-state index contributed by atoms with van der Waals surface area (Å²) in [6.45, 7) is 7.06. The summed E-state index contributed by atoms with van der Waals surface area (Å²) in [6, 6.07) is 19.6. The third-order valence-electron chi connectivity index (χ3n) is 9.43. The van der Waals surface area contributed by atoms with Gasteiger partial charge in [0.2, 0.25) is 11.8 Å². The highest BCUT2D eigenvalue weighted by Crippen LogP contribution is 2.48. The standard InChI is InChI=1S/C38H45N3O8/c1-5-24-11-7-9-13-27(24)39-36(44)34-29(42)22-38(3,46)35(37(45)40-28-14-10-8-12-25(28)6-2)33(34)26-15-16-30(31(21-26)47-4)49-23-32(43)41-17-19-48-20-18-41/h7-16,21,33-35,46H,5-6,17-20,22-23H2,1-4H3,(H,39,44)(H,40,45). The van der Waals surface area contributed by atoms with Gasteiger partial charge in [0.15, 0.2) is 18.1 Å². The van der Waals surface area contributed by atoms with Crippen molar-refractivity contribution in [3.05, 3.63) is 83.4 Å². The Bertz CT molecular complexity index is 1680. The molecule has 3 aromatic rings. The molecule has 260 valence electrons. The second kappa shape index (κ2) is 15.7. The van der Waals surface area contributed by atoms with Crippen molar-refractivity contribution in [3.8, 4) is 11.5 Å². The number of nitrogens with zero attached hydrogens (tertiary/aromatic N) is 1. The lowest BCUT2D eigenvalue weighted by Gasteiger charge is -2.44. The molecule has 1 saturated carbocycles. The summed E-state index contributed by atoms with van der Waals surface area (Å²) < 4.78 is 16.9. The fourth-order valence-corrected chi connectivity index (χ4v) is 6.87. The number of nitrogens with one attached hydrogen (secondary N) is 2. The van der Waals surface area contributed by atoms with Crippen LogP contribution in [0, 0.1) is 11.8 Å². The van der Waals surface area contributed by atoms with Gasteiger partial charge in [-0.1, -0.05) is 56.3 Å². The fraction of sp³-hybridized carbons (Fsp3) is 0.421. The molecule has 49 heavy (non-hydrogen) atoms. The average Bonchev–Trinajstić information content (AvgIpc) is 3.10. The molecule has 0 bridgehead atoms. The number of carbonyl (C=O) groups excluding carboxylic acids is 4. The van der Waals surface area contributed by atoms with Crippen molar-refractivity contribution in [2.75, 3.05) is 50.7 Å². The number of benzene rings is 3. The molecule has 0 radical (unpaired) electrons. The van der Waals surface area contributed by atoms with Crippen LogP contribution in [-0.2, 0) is 36.8 Å². The van der Waals surface area contributed by atoms with Crippen molar-refractivity contribution >= 4 is 34.9 Å². The highest BCUT2D eigenvalue weighted by Gasteiger charge is 2.56. The van der Waals surface area contributed by atoms with Gasteiger partial charge < -0.3 is 34.9 Å². The smallest absolute Gasteiger partial charge is 0.260 e. The summed E-state index contributed by atoms with van der Waals surface area (Å²) in [6.07, 6.45) is 0.919. The number of ketones is 1. The molecule has 11 nitrogen and oxygen atoms in total. The van der Waals surface area contributed by atoms with Crippen LogP contribution in [0.2, 0.25) is 0 Å². The van der Waals surface area contributed by atoms with Gasteiger partial charge in [0.1, 0.15) is 11.7 Å². The second-order valence-electron chi connectivity index (χ2n) is 12.7. The maximum atomic E-state index is 14.3. The molecular formula is C38H45N3O8. The molecule has 0 spiro atoms. The van der Waals surface area contributed by atoms with E-state index in [-0.39, 0.29) is 24.0 Å². The minimum atomic E-state index is -1.79. The molecule has 2 aliphatic rings. The Hall–Kier alpha value is -4.74. The molecule has 3 aromatic carbocycles. The zero-order valence-electron chi connectivity index (χ0n) is 28.5. The van der Waals surface area contributed by atoms with Gasteiger partial charge in [-0.05, 0) is 60.7 Å². The van der Waals surface area contributed by atoms with Crippen molar-refractivity contribution in [1.29, 1.82) is 0 Å². The molecule has 4 atom stereocenters. The SMILES string of the molecule is CCc1ccccc1NC(=O)C1C(=O)CC(C)(O)C(C(=O)Nc2ccccc2CC)C1c1ccc(OCC(=O)N2CCOCC2)c(OC)c1. The van der Waals surface area contributed by atoms with E-state index in [2.05, 4.69) is 10.6 Å². The van der Waals surface area contributed by atoms with Crippen molar-refractivity contribution in [1.82, 2.24) is 4.90 Å². The molecule has 4 unspecified atom stereocenters. The first kappa shape index (κ1) is 35.6. The van der Waals surface area contributed by atoms with Gasteiger partial charge in [0, 0.05) is 36.8 Å². The summed E-state index contributed by atoms with van der Waals surface area (Å²) in [5, 5.41) is 17.7. The van der Waals surface area contributed by atoms with Gasteiger partial charge in [-0.25, -0.2) is 0 Å². The molecule has 3 N–H and O–H groups in total. The quantitative estimate of drug-likeness (QED) is 0.255. The van der Waals surface area contributed by atoms with Crippen molar-refractivity contribution in [2.45, 2.75) is 51.6 Å². The number of hydrogen-bond donors (Lipinski definition) is 3. The van der Waals surface area contributed by atoms with E-state index in [0.717, 1.165) is 11.1 Å².